The molecule has 0 saturated carbocycles. The fraction of sp³-hybridized carbons (Fsp3) is 0.318. The highest BCUT2D eigenvalue weighted by molar-refractivity contribution is 5.79. The highest BCUT2D eigenvalue weighted by Crippen LogP contribution is 2.24. The van der Waals surface area contributed by atoms with Gasteiger partial charge in [-0.2, -0.15) is 0 Å². The van der Waals surface area contributed by atoms with Crippen LogP contribution in [0.25, 0.3) is 11.5 Å². The molecule has 1 unspecified atom stereocenters. The smallest absolute Gasteiger partial charge is 0.223 e. The van der Waals surface area contributed by atoms with Gasteiger partial charge in [-0.3, -0.25) is 4.79 Å². The van der Waals surface area contributed by atoms with E-state index < -0.39 is 0 Å². The van der Waals surface area contributed by atoms with E-state index in [0.717, 1.165) is 43.0 Å². The Hall–Kier alpha value is -3.15. The molecule has 0 aliphatic carbocycles. The molecule has 3 aromatic rings. The first-order valence-electron chi connectivity index (χ1n) is 9.68. The molecule has 0 spiro atoms. The minimum atomic E-state index is 0.0201. The molecule has 3 heterocycles. The number of amides is 1. The number of aromatic nitrogens is 2. The predicted molar refractivity (Wildman–Crippen MR) is 108 cm³/mol. The lowest BCUT2D eigenvalue weighted by atomic mass is 9.95. The maximum absolute atomic E-state index is 12.6. The second-order valence-electron chi connectivity index (χ2n) is 7.16. The molecular weight excluding hydrogens is 352 g/mol. The number of furan rings is 1. The highest BCUT2D eigenvalue weighted by Gasteiger charge is 2.26. The van der Waals surface area contributed by atoms with Gasteiger partial charge in [0, 0.05) is 19.0 Å². The number of piperidine rings is 1. The van der Waals surface area contributed by atoms with Gasteiger partial charge in [-0.15, -0.1) is 10.2 Å². The van der Waals surface area contributed by atoms with Crippen LogP contribution in [0.1, 0.15) is 31.4 Å². The lowest BCUT2D eigenvalue weighted by Crippen LogP contribution is -2.41. The average molecular weight is 376 g/mol. The minimum absolute atomic E-state index is 0.0201. The van der Waals surface area contributed by atoms with Crippen molar-refractivity contribution in [2.75, 3.05) is 18.0 Å². The van der Waals surface area contributed by atoms with Crippen molar-refractivity contribution in [2.45, 2.75) is 25.8 Å². The Morgan fingerprint density at radius 3 is 2.50 bits per heavy atom. The molecule has 1 saturated heterocycles. The zero-order valence-corrected chi connectivity index (χ0v) is 15.9. The van der Waals surface area contributed by atoms with Crippen molar-refractivity contribution in [3.8, 4) is 11.5 Å². The molecule has 1 amide bonds. The number of nitrogens with one attached hydrogen (secondary N) is 1. The van der Waals surface area contributed by atoms with Gasteiger partial charge >= 0.3 is 0 Å². The number of hydrogen-bond acceptors (Lipinski definition) is 5. The maximum atomic E-state index is 12.6. The van der Waals surface area contributed by atoms with Crippen molar-refractivity contribution in [3.63, 3.8) is 0 Å². The van der Waals surface area contributed by atoms with Crippen molar-refractivity contribution < 1.29 is 9.21 Å². The molecule has 1 aromatic carbocycles. The number of nitrogens with zero attached hydrogens (tertiary/aromatic N) is 3. The molecule has 0 radical (unpaired) electrons. The van der Waals surface area contributed by atoms with Gasteiger partial charge in [0.1, 0.15) is 5.69 Å². The van der Waals surface area contributed by atoms with Crippen molar-refractivity contribution in [1.82, 2.24) is 15.5 Å². The Kier molecular flexibility index (Phi) is 5.37. The second-order valence-corrected chi connectivity index (χ2v) is 7.16. The number of carbonyl (C=O) groups is 1. The summed E-state index contributed by atoms with van der Waals surface area (Å²) in [5, 5.41) is 11.7. The van der Waals surface area contributed by atoms with Gasteiger partial charge in [-0.1, -0.05) is 30.3 Å². The van der Waals surface area contributed by atoms with E-state index in [2.05, 4.69) is 20.4 Å². The standard InChI is InChI=1S/C22H24N4O2/c1-16(17-6-3-2-4-7-17)23-22(27)18-11-13-26(14-12-18)21-10-9-19(24-25-21)20-8-5-15-28-20/h2-10,15-16,18H,11-14H2,1H3,(H,23,27). The van der Waals surface area contributed by atoms with Crippen LogP contribution in [0.2, 0.25) is 0 Å². The molecule has 1 aliphatic rings. The van der Waals surface area contributed by atoms with Gasteiger partial charge < -0.3 is 14.6 Å². The van der Waals surface area contributed by atoms with Gasteiger partial charge in [-0.05, 0) is 49.6 Å². The average Bonchev–Trinajstić information content (AvgIpc) is 3.29. The van der Waals surface area contributed by atoms with Crippen LogP contribution in [-0.4, -0.2) is 29.2 Å². The van der Waals surface area contributed by atoms with E-state index in [9.17, 15) is 4.79 Å². The van der Waals surface area contributed by atoms with Crippen LogP contribution in [0.15, 0.2) is 65.3 Å². The second kappa shape index (κ2) is 8.25. The predicted octanol–water partition coefficient (Wildman–Crippen LogP) is 3.83. The lowest BCUT2D eigenvalue weighted by molar-refractivity contribution is -0.126. The molecule has 6 nitrogen and oxygen atoms in total. The first kappa shape index (κ1) is 18.2. The van der Waals surface area contributed by atoms with Gasteiger partial charge in [0.2, 0.25) is 5.91 Å². The summed E-state index contributed by atoms with van der Waals surface area (Å²) in [6.07, 6.45) is 3.25. The first-order valence-corrected chi connectivity index (χ1v) is 9.68. The van der Waals surface area contributed by atoms with Gasteiger partial charge in [0.15, 0.2) is 11.6 Å². The van der Waals surface area contributed by atoms with Crippen molar-refractivity contribution in [1.29, 1.82) is 0 Å². The third-order valence-electron chi connectivity index (χ3n) is 5.27. The molecule has 2 aromatic heterocycles. The molecule has 144 valence electrons. The van der Waals surface area contributed by atoms with Crippen LogP contribution in [0.5, 0.6) is 0 Å². The Bertz CT molecular complexity index is 886. The summed E-state index contributed by atoms with van der Waals surface area (Å²) < 4.78 is 5.35. The summed E-state index contributed by atoms with van der Waals surface area (Å²) >= 11 is 0. The number of anilines is 1. The monoisotopic (exact) mass is 376 g/mol. The van der Waals surface area contributed by atoms with Crippen LogP contribution in [0, 0.1) is 5.92 Å². The molecular formula is C22H24N4O2. The van der Waals surface area contributed by atoms with E-state index in [4.69, 9.17) is 4.42 Å². The van der Waals surface area contributed by atoms with Gasteiger partial charge in [0.05, 0.1) is 12.3 Å². The topological polar surface area (TPSA) is 71.3 Å². The molecule has 1 N–H and O–H groups in total. The third-order valence-corrected chi connectivity index (χ3v) is 5.27. The summed E-state index contributed by atoms with van der Waals surface area (Å²) in [7, 11) is 0. The van der Waals surface area contributed by atoms with E-state index in [1.54, 1.807) is 6.26 Å². The van der Waals surface area contributed by atoms with Gasteiger partial charge in [-0.25, -0.2) is 0 Å². The van der Waals surface area contributed by atoms with E-state index in [-0.39, 0.29) is 17.9 Å². The Morgan fingerprint density at radius 2 is 1.86 bits per heavy atom. The third kappa shape index (κ3) is 4.06. The van der Waals surface area contributed by atoms with E-state index in [0.29, 0.717) is 5.76 Å². The lowest BCUT2D eigenvalue weighted by Gasteiger charge is -2.32. The molecule has 6 heteroatoms. The molecule has 0 bridgehead atoms. The Labute approximate surface area is 164 Å². The number of hydrogen-bond donors (Lipinski definition) is 1. The first-order chi connectivity index (χ1) is 13.7. The summed E-state index contributed by atoms with van der Waals surface area (Å²) in [6.45, 7) is 3.62. The molecule has 28 heavy (non-hydrogen) atoms. The maximum Gasteiger partial charge on any atom is 0.223 e. The van der Waals surface area contributed by atoms with Crippen LogP contribution >= 0.6 is 0 Å². The molecule has 1 fully saturated rings. The number of carbonyl (C=O) groups excluding carboxylic acids is 1. The quantitative estimate of drug-likeness (QED) is 0.733. The molecule has 4 rings (SSSR count). The van der Waals surface area contributed by atoms with E-state index in [1.165, 1.54) is 0 Å². The van der Waals surface area contributed by atoms with E-state index in [1.807, 2.05) is 61.5 Å². The largest absolute Gasteiger partial charge is 0.463 e. The van der Waals surface area contributed by atoms with Crippen LogP contribution in [0.4, 0.5) is 5.82 Å². The van der Waals surface area contributed by atoms with Crippen molar-refractivity contribution in [2.24, 2.45) is 5.92 Å². The Balaban J connectivity index is 1.31. The van der Waals surface area contributed by atoms with E-state index >= 15 is 0 Å². The fourth-order valence-corrected chi connectivity index (χ4v) is 3.58. The SMILES string of the molecule is CC(NC(=O)C1CCN(c2ccc(-c3ccco3)nn2)CC1)c1ccccc1. The molecule has 1 aliphatic heterocycles. The normalized spacial score (nSPS) is 16.0. The van der Waals surface area contributed by atoms with Crippen molar-refractivity contribution >= 4 is 11.7 Å². The van der Waals surface area contributed by atoms with Crippen LogP contribution in [-0.2, 0) is 4.79 Å². The zero-order valence-electron chi connectivity index (χ0n) is 15.9. The highest BCUT2D eigenvalue weighted by atomic mass is 16.3. The van der Waals surface area contributed by atoms with Crippen LogP contribution < -0.4 is 10.2 Å². The number of benzene rings is 1. The summed E-state index contributed by atoms with van der Waals surface area (Å²) in [5.74, 6) is 1.72. The van der Waals surface area contributed by atoms with Crippen molar-refractivity contribution in [3.05, 3.63) is 66.4 Å². The molecule has 1 atom stereocenters. The van der Waals surface area contributed by atoms with Gasteiger partial charge in [0.25, 0.3) is 0 Å². The summed E-state index contributed by atoms with van der Waals surface area (Å²) in [4.78, 5) is 14.8. The summed E-state index contributed by atoms with van der Waals surface area (Å²) in [5.41, 5.74) is 1.85. The Morgan fingerprint density at radius 1 is 1.07 bits per heavy atom. The minimum Gasteiger partial charge on any atom is -0.463 e. The van der Waals surface area contributed by atoms with Crippen LogP contribution in [0.3, 0.4) is 0 Å². The number of rotatable bonds is 5. The fourth-order valence-electron chi connectivity index (χ4n) is 3.58. The summed E-state index contributed by atoms with van der Waals surface area (Å²) in [6, 6.07) is 17.7. The zero-order chi connectivity index (χ0) is 19.3.